The van der Waals surface area contributed by atoms with E-state index in [0.717, 1.165) is 0 Å². The molecule has 3 nitrogen and oxygen atoms in total. The van der Waals surface area contributed by atoms with Crippen LogP contribution in [0.5, 0.6) is 0 Å². The molecule has 0 N–H and O–H groups in total. The third-order valence-electron chi connectivity index (χ3n) is 0.973. The van der Waals surface area contributed by atoms with Gasteiger partial charge in [-0.05, 0) is 0 Å². The summed E-state index contributed by atoms with van der Waals surface area (Å²) in [7, 11) is 1.50. The van der Waals surface area contributed by atoms with Gasteiger partial charge < -0.3 is 9.47 Å². The first-order valence-corrected chi connectivity index (χ1v) is 4.20. The summed E-state index contributed by atoms with van der Waals surface area (Å²) in [6, 6.07) is 0. The smallest absolute Gasteiger partial charge is 0.384 e. The number of carbonyl (C=O) groups excluding carboxylic acids is 1. The Kier molecular flexibility index (Phi) is 8.42. The van der Waals surface area contributed by atoms with Gasteiger partial charge in [-0.3, -0.25) is 0 Å². The van der Waals surface area contributed by atoms with E-state index in [1.807, 2.05) is 0 Å². The molecule has 0 amide bonds. The van der Waals surface area contributed by atoms with Gasteiger partial charge >= 0.3 is 5.97 Å². The molecule has 0 fully saturated rings. The Balaban J connectivity index is 3.53. The zero-order valence-corrected chi connectivity index (χ0v) is 8.13. The van der Waals surface area contributed by atoms with Crippen molar-refractivity contribution < 1.29 is 14.3 Å². The monoisotopic (exact) mass is 202 g/mol. The zero-order chi connectivity index (χ0) is 9.94. The van der Waals surface area contributed by atoms with Crippen molar-refractivity contribution in [1.29, 1.82) is 0 Å². The van der Waals surface area contributed by atoms with Crippen LogP contribution in [0.1, 0.15) is 0 Å². The molecular formula is C9H11ClO3. The van der Waals surface area contributed by atoms with Crippen LogP contribution in [-0.2, 0) is 14.3 Å². The standard InChI is InChI=1S/C9H11ClO3/c1-12-7-4-5-9(11)13-8-3-2-6-10/h2-3H,6-8H2,1H3/b3-2-. The molecule has 0 rings (SSSR count). The molecule has 4 heteroatoms. The number of ether oxygens (including phenoxy) is 2. The molecule has 0 aromatic rings. The van der Waals surface area contributed by atoms with Crippen molar-refractivity contribution in [1.82, 2.24) is 0 Å². The zero-order valence-electron chi connectivity index (χ0n) is 7.38. The van der Waals surface area contributed by atoms with E-state index < -0.39 is 5.97 Å². The summed E-state index contributed by atoms with van der Waals surface area (Å²) < 4.78 is 9.30. The molecular weight excluding hydrogens is 192 g/mol. The molecule has 0 saturated heterocycles. The highest BCUT2D eigenvalue weighted by molar-refractivity contribution is 6.18. The van der Waals surface area contributed by atoms with Crippen LogP contribution in [0, 0.1) is 11.8 Å². The first-order chi connectivity index (χ1) is 6.31. The fourth-order valence-corrected chi connectivity index (χ4v) is 0.597. The van der Waals surface area contributed by atoms with Gasteiger partial charge in [0.15, 0.2) is 0 Å². The molecule has 0 aliphatic rings. The lowest BCUT2D eigenvalue weighted by Crippen LogP contribution is -2.01. The van der Waals surface area contributed by atoms with E-state index in [2.05, 4.69) is 21.3 Å². The molecule has 0 heterocycles. The number of allylic oxidation sites excluding steroid dienone is 1. The summed E-state index contributed by atoms with van der Waals surface area (Å²) in [5.74, 6) is 4.59. The molecule has 0 aliphatic heterocycles. The quantitative estimate of drug-likeness (QED) is 0.224. The third-order valence-corrected chi connectivity index (χ3v) is 1.15. The summed E-state index contributed by atoms with van der Waals surface area (Å²) >= 11 is 5.35. The van der Waals surface area contributed by atoms with Crippen LogP contribution >= 0.6 is 11.6 Å². The van der Waals surface area contributed by atoms with Crippen LogP contribution in [0.15, 0.2) is 12.2 Å². The first kappa shape index (κ1) is 12.0. The van der Waals surface area contributed by atoms with Gasteiger partial charge in [-0.25, -0.2) is 4.79 Å². The molecule has 0 atom stereocenters. The molecule has 13 heavy (non-hydrogen) atoms. The van der Waals surface area contributed by atoms with Crippen molar-refractivity contribution in [2.24, 2.45) is 0 Å². The highest BCUT2D eigenvalue weighted by atomic mass is 35.5. The van der Waals surface area contributed by atoms with E-state index in [0.29, 0.717) is 5.88 Å². The predicted molar refractivity (Wildman–Crippen MR) is 50.5 cm³/mol. The van der Waals surface area contributed by atoms with E-state index >= 15 is 0 Å². The molecule has 0 aromatic carbocycles. The Morgan fingerprint density at radius 1 is 1.54 bits per heavy atom. The minimum Gasteiger partial charge on any atom is -0.452 e. The molecule has 0 saturated carbocycles. The van der Waals surface area contributed by atoms with E-state index in [9.17, 15) is 4.79 Å². The van der Waals surface area contributed by atoms with Crippen LogP contribution in [0.2, 0.25) is 0 Å². The van der Waals surface area contributed by atoms with Gasteiger partial charge in [0.25, 0.3) is 0 Å². The van der Waals surface area contributed by atoms with Crippen LogP contribution in [0.25, 0.3) is 0 Å². The molecule has 0 spiro atoms. The number of rotatable bonds is 4. The van der Waals surface area contributed by atoms with E-state index in [-0.39, 0.29) is 13.2 Å². The Morgan fingerprint density at radius 3 is 2.92 bits per heavy atom. The Morgan fingerprint density at radius 2 is 2.31 bits per heavy atom. The van der Waals surface area contributed by atoms with Crippen molar-refractivity contribution in [3.63, 3.8) is 0 Å². The Labute approximate surface area is 82.7 Å². The van der Waals surface area contributed by atoms with E-state index in [1.165, 1.54) is 7.11 Å². The van der Waals surface area contributed by atoms with Gasteiger partial charge in [-0.15, -0.1) is 11.6 Å². The SMILES string of the molecule is COCC#CC(=O)OC/C=C\CCl. The third kappa shape index (κ3) is 8.93. The molecule has 0 aromatic heterocycles. The minimum absolute atomic E-state index is 0.202. The lowest BCUT2D eigenvalue weighted by molar-refractivity contribution is -0.135. The van der Waals surface area contributed by atoms with Gasteiger partial charge in [0.2, 0.25) is 0 Å². The fraction of sp³-hybridized carbons (Fsp3) is 0.444. The van der Waals surface area contributed by atoms with Crippen LogP contribution < -0.4 is 0 Å². The highest BCUT2D eigenvalue weighted by Gasteiger charge is 1.91. The first-order valence-electron chi connectivity index (χ1n) is 3.66. The van der Waals surface area contributed by atoms with Crippen molar-refractivity contribution in [2.45, 2.75) is 0 Å². The lowest BCUT2D eigenvalue weighted by Gasteiger charge is -1.92. The number of methoxy groups -OCH3 is 1. The fourth-order valence-electron chi connectivity index (χ4n) is 0.471. The van der Waals surface area contributed by atoms with Gasteiger partial charge in [-0.2, -0.15) is 0 Å². The van der Waals surface area contributed by atoms with Crippen molar-refractivity contribution in [2.75, 3.05) is 26.2 Å². The number of esters is 1. The minimum atomic E-state index is -0.559. The number of carbonyl (C=O) groups is 1. The number of hydrogen-bond acceptors (Lipinski definition) is 3. The van der Waals surface area contributed by atoms with Gasteiger partial charge in [0, 0.05) is 18.9 Å². The van der Waals surface area contributed by atoms with Crippen LogP contribution in [0.4, 0.5) is 0 Å². The maximum Gasteiger partial charge on any atom is 0.384 e. The number of alkyl halides is 1. The average Bonchev–Trinajstić information content (AvgIpc) is 2.13. The highest BCUT2D eigenvalue weighted by Crippen LogP contribution is 1.81. The lowest BCUT2D eigenvalue weighted by atomic mass is 10.5. The van der Waals surface area contributed by atoms with Gasteiger partial charge in [-0.1, -0.05) is 18.1 Å². The average molecular weight is 203 g/mol. The van der Waals surface area contributed by atoms with Crippen molar-refractivity contribution in [3.8, 4) is 11.8 Å². The molecule has 0 radical (unpaired) electrons. The molecule has 72 valence electrons. The molecule has 0 bridgehead atoms. The van der Waals surface area contributed by atoms with Crippen LogP contribution in [0.3, 0.4) is 0 Å². The van der Waals surface area contributed by atoms with Crippen molar-refractivity contribution in [3.05, 3.63) is 12.2 Å². The summed E-state index contributed by atoms with van der Waals surface area (Å²) in [6.07, 6.45) is 3.35. The Hall–Kier alpha value is -0.980. The summed E-state index contributed by atoms with van der Waals surface area (Å²) in [5, 5.41) is 0. The molecule has 0 aliphatic carbocycles. The Bertz CT molecular complexity index is 225. The maximum atomic E-state index is 10.8. The molecule has 0 unspecified atom stereocenters. The largest absolute Gasteiger partial charge is 0.452 e. The topological polar surface area (TPSA) is 35.5 Å². The van der Waals surface area contributed by atoms with E-state index in [1.54, 1.807) is 12.2 Å². The number of hydrogen-bond donors (Lipinski definition) is 0. The van der Waals surface area contributed by atoms with Gasteiger partial charge in [0.1, 0.15) is 13.2 Å². The second kappa shape index (κ2) is 9.11. The summed E-state index contributed by atoms with van der Waals surface area (Å²) in [4.78, 5) is 10.8. The second-order valence-electron chi connectivity index (χ2n) is 1.96. The van der Waals surface area contributed by atoms with Gasteiger partial charge in [0.05, 0.1) is 0 Å². The second-order valence-corrected chi connectivity index (χ2v) is 2.27. The summed E-state index contributed by atoms with van der Waals surface area (Å²) in [5.41, 5.74) is 0. The van der Waals surface area contributed by atoms with E-state index in [4.69, 9.17) is 11.6 Å². The van der Waals surface area contributed by atoms with Crippen molar-refractivity contribution >= 4 is 17.6 Å². The maximum absolute atomic E-state index is 10.8. The number of halogens is 1. The normalized spacial score (nSPS) is 9.38. The summed E-state index contributed by atoms with van der Waals surface area (Å²) in [6.45, 7) is 0.430. The van der Waals surface area contributed by atoms with Crippen LogP contribution in [-0.4, -0.2) is 32.2 Å². The predicted octanol–water partition coefficient (Wildman–Crippen LogP) is 0.974.